The summed E-state index contributed by atoms with van der Waals surface area (Å²) in [6, 6.07) is 6.50. The maximum absolute atomic E-state index is 11.9. The van der Waals surface area contributed by atoms with Crippen LogP contribution in [-0.4, -0.2) is 38.7 Å². The van der Waals surface area contributed by atoms with Gasteiger partial charge in [0.25, 0.3) is 0 Å². The minimum Gasteiger partial charge on any atom is -0.343 e. The van der Waals surface area contributed by atoms with Gasteiger partial charge in [0.15, 0.2) is 0 Å². The normalized spacial score (nSPS) is 17.3. The van der Waals surface area contributed by atoms with E-state index in [-0.39, 0.29) is 0 Å². The minimum atomic E-state index is 0.309. The van der Waals surface area contributed by atoms with Crippen LogP contribution in [0.3, 0.4) is 0 Å². The van der Waals surface area contributed by atoms with Crippen molar-refractivity contribution in [2.24, 2.45) is 0 Å². The zero-order valence-corrected chi connectivity index (χ0v) is 14.1. The molecule has 0 N–H and O–H groups in total. The molecule has 1 amide bonds. The van der Waals surface area contributed by atoms with Crippen LogP contribution < -0.4 is 0 Å². The van der Waals surface area contributed by atoms with E-state index in [0.717, 1.165) is 51.0 Å². The second-order valence-electron chi connectivity index (χ2n) is 6.80. The molecule has 1 fully saturated rings. The number of hydrogen-bond acceptors (Lipinski definition) is 3. The summed E-state index contributed by atoms with van der Waals surface area (Å²) in [4.78, 5) is 18.4. The molecule has 0 spiro atoms. The molecule has 1 aromatic heterocycles. The quantitative estimate of drug-likeness (QED) is 0.850. The Balaban J connectivity index is 1.46. The lowest BCUT2D eigenvalue weighted by Crippen LogP contribution is -2.36. The molecule has 5 nitrogen and oxygen atoms in total. The van der Waals surface area contributed by atoms with Crippen LogP contribution in [0.15, 0.2) is 24.5 Å². The molecule has 4 rings (SSSR count). The molecule has 1 saturated heterocycles. The number of rotatable bonds is 5. The molecule has 0 atom stereocenters. The van der Waals surface area contributed by atoms with Crippen molar-refractivity contribution in [1.82, 2.24) is 19.7 Å². The monoisotopic (exact) mass is 324 g/mol. The summed E-state index contributed by atoms with van der Waals surface area (Å²) in [7, 11) is 0. The molecule has 0 saturated carbocycles. The largest absolute Gasteiger partial charge is 0.343 e. The van der Waals surface area contributed by atoms with Crippen molar-refractivity contribution in [3.63, 3.8) is 0 Å². The van der Waals surface area contributed by atoms with Gasteiger partial charge in [-0.3, -0.25) is 4.79 Å². The molecule has 1 aliphatic carbocycles. The van der Waals surface area contributed by atoms with Gasteiger partial charge in [0.1, 0.15) is 12.2 Å². The molecule has 2 heterocycles. The Labute approximate surface area is 142 Å². The maximum Gasteiger partial charge on any atom is 0.222 e. The first-order chi connectivity index (χ1) is 11.8. The Morgan fingerprint density at radius 3 is 2.96 bits per heavy atom. The number of carbonyl (C=O) groups excluding carboxylic acids is 1. The lowest BCUT2D eigenvalue weighted by atomic mass is 10.1. The van der Waals surface area contributed by atoms with Crippen molar-refractivity contribution in [2.45, 2.75) is 51.4 Å². The Morgan fingerprint density at radius 1 is 1.08 bits per heavy atom. The van der Waals surface area contributed by atoms with Crippen molar-refractivity contribution in [3.8, 4) is 5.69 Å². The van der Waals surface area contributed by atoms with Crippen LogP contribution in [0.1, 0.15) is 49.1 Å². The van der Waals surface area contributed by atoms with E-state index >= 15 is 0 Å². The van der Waals surface area contributed by atoms with Crippen LogP contribution in [-0.2, 0) is 24.1 Å². The van der Waals surface area contributed by atoms with E-state index in [4.69, 9.17) is 0 Å². The fourth-order valence-corrected chi connectivity index (χ4v) is 3.96. The van der Waals surface area contributed by atoms with Gasteiger partial charge in [0, 0.05) is 25.9 Å². The summed E-state index contributed by atoms with van der Waals surface area (Å²) in [5.74, 6) is 1.31. The van der Waals surface area contributed by atoms with E-state index < -0.39 is 0 Å². The van der Waals surface area contributed by atoms with Gasteiger partial charge in [-0.1, -0.05) is 12.1 Å². The summed E-state index contributed by atoms with van der Waals surface area (Å²) >= 11 is 0. The van der Waals surface area contributed by atoms with Crippen LogP contribution in [0.5, 0.6) is 0 Å². The number of benzene rings is 1. The number of aryl methyl sites for hydroxylation is 2. The van der Waals surface area contributed by atoms with Crippen molar-refractivity contribution in [3.05, 3.63) is 41.5 Å². The third kappa shape index (κ3) is 2.95. The Morgan fingerprint density at radius 2 is 2.04 bits per heavy atom. The van der Waals surface area contributed by atoms with Gasteiger partial charge in [-0.2, -0.15) is 5.10 Å². The van der Waals surface area contributed by atoms with Crippen molar-refractivity contribution in [2.75, 3.05) is 13.1 Å². The standard InChI is InChI=1S/C19H24N4O/c24-19-11-1-2-12-22(19)13-5-10-18-20-14-21-23(18)17-9-4-7-15-6-3-8-16(15)17/h4,7,9,14H,1-3,5-6,8,10-13H2. The zero-order valence-electron chi connectivity index (χ0n) is 14.1. The highest BCUT2D eigenvalue weighted by Crippen LogP contribution is 2.28. The van der Waals surface area contributed by atoms with Crippen LogP contribution in [0.25, 0.3) is 5.69 Å². The van der Waals surface area contributed by atoms with Gasteiger partial charge >= 0.3 is 0 Å². The number of hydrogen-bond donors (Lipinski definition) is 0. The number of likely N-dealkylation sites (tertiary alicyclic amines) is 1. The predicted octanol–water partition coefficient (Wildman–Crippen LogP) is 2.70. The highest BCUT2D eigenvalue weighted by atomic mass is 16.2. The number of aromatic nitrogens is 3. The molecule has 2 aliphatic rings. The van der Waals surface area contributed by atoms with E-state index in [0.29, 0.717) is 12.3 Å². The fourth-order valence-electron chi connectivity index (χ4n) is 3.96. The van der Waals surface area contributed by atoms with Gasteiger partial charge in [-0.05, 0) is 55.7 Å². The molecular formula is C19H24N4O. The number of piperidine rings is 1. The van der Waals surface area contributed by atoms with E-state index in [1.807, 2.05) is 9.58 Å². The molecule has 0 radical (unpaired) electrons. The number of nitrogens with zero attached hydrogens (tertiary/aromatic N) is 4. The fraction of sp³-hybridized carbons (Fsp3) is 0.526. The first-order valence-corrected chi connectivity index (χ1v) is 9.11. The van der Waals surface area contributed by atoms with E-state index in [2.05, 4.69) is 28.3 Å². The van der Waals surface area contributed by atoms with Crippen LogP contribution in [0.2, 0.25) is 0 Å². The summed E-state index contributed by atoms with van der Waals surface area (Å²) in [5.41, 5.74) is 4.06. The van der Waals surface area contributed by atoms with Gasteiger partial charge in [-0.25, -0.2) is 9.67 Å². The minimum absolute atomic E-state index is 0.309. The second-order valence-corrected chi connectivity index (χ2v) is 6.80. The van der Waals surface area contributed by atoms with Crippen LogP contribution >= 0.6 is 0 Å². The van der Waals surface area contributed by atoms with Gasteiger partial charge in [-0.15, -0.1) is 0 Å². The molecule has 1 aliphatic heterocycles. The lowest BCUT2D eigenvalue weighted by Gasteiger charge is -2.26. The van der Waals surface area contributed by atoms with Gasteiger partial charge < -0.3 is 4.90 Å². The zero-order chi connectivity index (χ0) is 16.4. The lowest BCUT2D eigenvalue weighted by molar-refractivity contribution is -0.133. The maximum atomic E-state index is 11.9. The average molecular weight is 324 g/mol. The third-order valence-corrected chi connectivity index (χ3v) is 5.22. The molecule has 1 aromatic carbocycles. The summed E-state index contributed by atoms with van der Waals surface area (Å²) < 4.78 is 2.00. The highest BCUT2D eigenvalue weighted by Gasteiger charge is 2.19. The average Bonchev–Trinajstić information content (AvgIpc) is 3.25. The highest BCUT2D eigenvalue weighted by molar-refractivity contribution is 5.76. The summed E-state index contributed by atoms with van der Waals surface area (Å²) in [5, 5.41) is 4.47. The van der Waals surface area contributed by atoms with E-state index in [1.165, 1.54) is 29.7 Å². The Bertz CT molecular complexity index is 737. The summed E-state index contributed by atoms with van der Waals surface area (Å²) in [6.07, 6.45) is 9.88. The van der Waals surface area contributed by atoms with Gasteiger partial charge in [0.05, 0.1) is 5.69 Å². The molecule has 2 aromatic rings. The smallest absolute Gasteiger partial charge is 0.222 e. The van der Waals surface area contributed by atoms with Crippen molar-refractivity contribution >= 4 is 5.91 Å². The second kappa shape index (κ2) is 6.75. The third-order valence-electron chi connectivity index (χ3n) is 5.22. The van der Waals surface area contributed by atoms with Crippen LogP contribution in [0.4, 0.5) is 0 Å². The molecule has 24 heavy (non-hydrogen) atoms. The van der Waals surface area contributed by atoms with Crippen molar-refractivity contribution < 1.29 is 4.79 Å². The first kappa shape index (κ1) is 15.4. The molecular weight excluding hydrogens is 300 g/mol. The molecule has 5 heteroatoms. The van der Waals surface area contributed by atoms with Crippen molar-refractivity contribution in [1.29, 1.82) is 0 Å². The number of carbonyl (C=O) groups is 1. The van der Waals surface area contributed by atoms with Crippen LogP contribution in [0, 0.1) is 0 Å². The Hall–Kier alpha value is -2.17. The predicted molar refractivity (Wildman–Crippen MR) is 92.1 cm³/mol. The van der Waals surface area contributed by atoms with E-state index in [1.54, 1.807) is 6.33 Å². The summed E-state index contributed by atoms with van der Waals surface area (Å²) in [6.45, 7) is 1.75. The SMILES string of the molecule is O=C1CCCCN1CCCc1ncnn1-c1cccc2c1CCC2. The molecule has 0 bridgehead atoms. The Kier molecular flexibility index (Phi) is 4.32. The molecule has 126 valence electrons. The first-order valence-electron chi connectivity index (χ1n) is 9.11. The molecule has 0 unspecified atom stereocenters. The topological polar surface area (TPSA) is 51.0 Å². The van der Waals surface area contributed by atoms with Gasteiger partial charge in [0.2, 0.25) is 5.91 Å². The number of fused-ring (bicyclic) bond motifs is 1. The van der Waals surface area contributed by atoms with E-state index in [9.17, 15) is 4.79 Å². The number of amides is 1.